The fourth-order valence-corrected chi connectivity index (χ4v) is 8.68. The van der Waals surface area contributed by atoms with Crippen LogP contribution < -0.4 is 9.64 Å². The molecule has 3 aromatic rings. The van der Waals surface area contributed by atoms with Gasteiger partial charge in [-0.2, -0.15) is 0 Å². The lowest BCUT2D eigenvalue weighted by Crippen LogP contribution is -2.60. The lowest BCUT2D eigenvalue weighted by molar-refractivity contribution is -0.164. The monoisotopic (exact) mass is 862 g/mol. The predicted molar refractivity (Wildman–Crippen MR) is 214 cm³/mol. The second-order valence-electron chi connectivity index (χ2n) is 15.2. The number of rotatable bonds is 12. The van der Waals surface area contributed by atoms with E-state index in [2.05, 4.69) is 48.8 Å². The molecule has 3 atom stereocenters. The van der Waals surface area contributed by atoms with E-state index in [1.807, 2.05) is 42.5 Å². The molecule has 2 amide bonds. The van der Waals surface area contributed by atoms with Crippen LogP contribution in [0.2, 0.25) is 35.7 Å². The Hall–Kier alpha value is -2.90. The minimum Gasteiger partial charge on any atom is -0.489 e. The van der Waals surface area contributed by atoms with E-state index in [1.165, 1.54) is 4.90 Å². The Bertz CT molecular complexity index is 1830. The number of halogens is 3. The summed E-state index contributed by atoms with van der Waals surface area (Å²) in [5.74, 6) is -1.43. The maximum atomic E-state index is 15.7. The van der Waals surface area contributed by atoms with Gasteiger partial charge in [0.15, 0.2) is 0 Å². The van der Waals surface area contributed by atoms with Crippen LogP contribution in [0.3, 0.4) is 0 Å². The van der Waals surface area contributed by atoms with Crippen LogP contribution in [-0.4, -0.2) is 62.8 Å². The molecule has 1 saturated heterocycles. The Kier molecular flexibility index (Phi) is 12.0. The first-order valence-electron chi connectivity index (χ1n) is 17.0. The lowest BCUT2D eigenvalue weighted by atomic mass is 9.58. The van der Waals surface area contributed by atoms with Gasteiger partial charge < -0.3 is 19.1 Å². The molecule has 51 heavy (non-hydrogen) atoms. The van der Waals surface area contributed by atoms with Crippen LogP contribution in [0.1, 0.15) is 55.8 Å². The molecule has 0 unspecified atom stereocenters. The van der Waals surface area contributed by atoms with Crippen LogP contribution in [0.4, 0.5) is 5.69 Å². The fraction of sp³-hybridized carbons (Fsp3) is 0.410. The Morgan fingerprint density at radius 1 is 1.06 bits per heavy atom. The zero-order valence-electron chi connectivity index (χ0n) is 29.9. The van der Waals surface area contributed by atoms with Gasteiger partial charge in [0.2, 0.25) is 11.8 Å². The minimum atomic E-state index is -1.47. The number of amides is 2. The number of nitrogens with zero attached hydrogens (tertiary/aromatic N) is 2. The number of fused-ring (bicyclic) bond motifs is 2. The number of ether oxygens (including phenoxy) is 3. The molecule has 1 spiro atoms. The molecule has 8 nitrogen and oxygen atoms in total. The van der Waals surface area contributed by atoms with Crippen molar-refractivity contribution in [3.63, 3.8) is 0 Å². The smallest absolute Gasteiger partial charge is 0.326 e. The molecule has 2 aliphatic rings. The van der Waals surface area contributed by atoms with Crippen LogP contribution >= 0.6 is 45.8 Å². The molecule has 2 heterocycles. The molecule has 0 radical (unpaired) electrons. The standard InChI is InChI=1S/C39H45Cl2IN2O6Si/c1-8-16-49-33-15-13-28(42)21-29(33)36-39(30-14-12-27(41)20-32(30)44(37(39)47)24-48-17-18-51(5,6)7)31(25-10-9-11-26(40)19-25)22-34(45)43(36)23-35(46)50-38(2,3)4/h8-15,19-21,31,36H,1,16-18,22-24H2,2-7H3/t31-,36+,39-/m0/s1. The number of hydrogen-bond donors (Lipinski definition) is 0. The molecule has 0 aliphatic carbocycles. The van der Waals surface area contributed by atoms with E-state index < -0.39 is 37.0 Å². The SMILES string of the molecule is C=CCOc1ccc(I)cc1[C@H]1N(CC(=O)OC(C)(C)C)C(=O)C[C@@H](c2cccc(Cl)c2)[C@]12C(=O)N(COCC[Si](C)(C)C)c1cc(Cl)ccc12. The normalized spacial score (nSPS) is 20.5. The van der Waals surface area contributed by atoms with E-state index >= 15 is 4.79 Å². The first-order valence-corrected chi connectivity index (χ1v) is 22.5. The Morgan fingerprint density at radius 3 is 2.45 bits per heavy atom. The summed E-state index contributed by atoms with van der Waals surface area (Å²) in [5, 5.41) is 0.920. The van der Waals surface area contributed by atoms with Crippen molar-refractivity contribution in [2.24, 2.45) is 0 Å². The van der Waals surface area contributed by atoms with E-state index in [9.17, 15) is 9.59 Å². The average Bonchev–Trinajstić information content (AvgIpc) is 3.25. The van der Waals surface area contributed by atoms with E-state index in [1.54, 1.807) is 49.9 Å². The van der Waals surface area contributed by atoms with Crippen molar-refractivity contribution >= 4 is 77.3 Å². The van der Waals surface area contributed by atoms with Crippen LogP contribution in [-0.2, 0) is 29.3 Å². The summed E-state index contributed by atoms with van der Waals surface area (Å²) in [6.07, 6.45) is 1.55. The maximum absolute atomic E-state index is 15.7. The van der Waals surface area contributed by atoms with E-state index in [-0.39, 0.29) is 38.1 Å². The van der Waals surface area contributed by atoms with Crippen LogP contribution in [0.25, 0.3) is 0 Å². The van der Waals surface area contributed by atoms with Crippen molar-refractivity contribution in [3.8, 4) is 5.75 Å². The number of likely N-dealkylation sites (tertiary alicyclic amines) is 1. The fourth-order valence-electron chi connectivity index (χ4n) is 7.05. The van der Waals surface area contributed by atoms with Crippen LogP contribution in [0, 0.1) is 3.57 Å². The molecule has 0 N–H and O–H groups in total. The predicted octanol–water partition coefficient (Wildman–Crippen LogP) is 9.16. The number of hydrogen-bond acceptors (Lipinski definition) is 6. The highest BCUT2D eigenvalue weighted by atomic mass is 127. The maximum Gasteiger partial charge on any atom is 0.326 e. The van der Waals surface area contributed by atoms with E-state index in [0.717, 1.165) is 9.61 Å². The van der Waals surface area contributed by atoms with Crippen LogP contribution in [0.5, 0.6) is 5.75 Å². The largest absolute Gasteiger partial charge is 0.489 e. The Balaban J connectivity index is 1.82. The molecule has 0 saturated carbocycles. The number of esters is 1. The van der Waals surface area contributed by atoms with Gasteiger partial charge in [0.25, 0.3) is 0 Å². The molecule has 2 aliphatic heterocycles. The molecule has 12 heteroatoms. The third kappa shape index (κ3) is 8.51. The summed E-state index contributed by atoms with van der Waals surface area (Å²) in [6, 6.07) is 18.2. The highest BCUT2D eigenvalue weighted by molar-refractivity contribution is 14.1. The van der Waals surface area contributed by atoms with Gasteiger partial charge in [0, 0.05) is 46.2 Å². The van der Waals surface area contributed by atoms with Crippen molar-refractivity contribution in [1.29, 1.82) is 0 Å². The summed E-state index contributed by atoms with van der Waals surface area (Å²) in [7, 11) is -1.43. The topological polar surface area (TPSA) is 85.4 Å². The Morgan fingerprint density at radius 2 is 1.78 bits per heavy atom. The summed E-state index contributed by atoms with van der Waals surface area (Å²) in [6.45, 7) is 16.2. The van der Waals surface area contributed by atoms with Gasteiger partial charge in [0.1, 0.15) is 36.6 Å². The van der Waals surface area contributed by atoms with E-state index in [0.29, 0.717) is 44.8 Å². The summed E-state index contributed by atoms with van der Waals surface area (Å²) in [5.41, 5.74) is 0.262. The van der Waals surface area contributed by atoms with Crippen molar-refractivity contribution in [1.82, 2.24) is 4.90 Å². The van der Waals surface area contributed by atoms with Gasteiger partial charge in [-0.1, -0.05) is 73.7 Å². The van der Waals surface area contributed by atoms with Crippen molar-refractivity contribution in [2.75, 3.05) is 31.4 Å². The molecule has 3 aromatic carbocycles. The van der Waals surface area contributed by atoms with Gasteiger partial charge in [-0.15, -0.1) is 0 Å². The number of carbonyl (C=O) groups excluding carboxylic acids is 3. The molecular formula is C39H45Cl2IN2O6Si. The third-order valence-corrected chi connectivity index (χ3v) is 11.9. The molecule has 0 bridgehead atoms. The number of carbonyl (C=O) groups is 3. The summed E-state index contributed by atoms with van der Waals surface area (Å²) in [4.78, 5) is 47.1. The van der Waals surface area contributed by atoms with Crippen molar-refractivity contribution in [2.45, 2.75) is 75.9 Å². The van der Waals surface area contributed by atoms with Gasteiger partial charge in [0.05, 0.1) is 11.7 Å². The molecular weight excluding hydrogens is 818 g/mol. The third-order valence-electron chi connectivity index (χ3n) is 9.10. The number of anilines is 1. The highest BCUT2D eigenvalue weighted by Gasteiger charge is 2.66. The lowest BCUT2D eigenvalue weighted by Gasteiger charge is -2.51. The van der Waals surface area contributed by atoms with Gasteiger partial charge >= 0.3 is 5.97 Å². The van der Waals surface area contributed by atoms with Gasteiger partial charge in [-0.25, -0.2) is 0 Å². The first-order chi connectivity index (χ1) is 24.0. The number of piperidine rings is 1. The van der Waals surface area contributed by atoms with Gasteiger partial charge in [-0.05, 0) is 103 Å². The zero-order chi connectivity index (χ0) is 37.3. The van der Waals surface area contributed by atoms with Gasteiger partial charge in [-0.3, -0.25) is 19.3 Å². The van der Waals surface area contributed by atoms with Crippen molar-refractivity contribution in [3.05, 3.63) is 104 Å². The zero-order valence-corrected chi connectivity index (χ0v) is 34.6. The molecule has 1 fully saturated rings. The summed E-state index contributed by atoms with van der Waals surface area (Å²) >= 11 is 15.5. The molecule has 0 aromatic heterocycles. The second-order valence-corrected chi connectivity index (χ2v) is 23.0. The Labute approximate surface area is 325 Å². The minimum absolute atomic E-state index is 0.0143. The quantitative estimate of drug-likeness (QED) is 0.0594. The summed E-state index contributed by atoms with van der Waals surface area (Å²) < 4.78 is 19.1. The van der Waals surface area contributed by atoms with Crippen molar-refractivity contribution < 1.29 is 28.6 Å². The van der Waals surface area contributed by atoms with E-state index in [4.69, 9.17) is 37.4 Å². The second kappa shape index (κ2) is 15.6. The first kappa shape index (κ1) is 39.3. The molecule has 5 rings (SSSR count). The average molecular weight is 864 g/mol. The number of benzene rings is 3. The van der Waals surface area contributed by atoms with Crippen LogP contribution in [0.15, 0.2) is 73.3 Å². The highest BCUT2D eigenvalue weighted by Crippen LogP contribution is 2.62. The molecule has 272 valence electrons.